The summed E-state index contributed by atoms with van der Waals surface area (Å²) in [6.07, 6.45) is 3.57. The van der Waals surface area contributed by atoms with Gasteiger partial charge >= 0.3 is 0 Å². The van der Waals surface area contributed by atoms with Gasteiger partial charge in [0.15, 0.2) is 0 Å². The molecule has 0 unspecified atom stereocenters. The van der Waals surface area contributed by atoms with Crippen LogP contribution in [0.1, 0.15) is 37.6 Å². The third kappa shape index (κ3) is 5.26. The number of nitrogens with zero attached hydrogens (tertiary/aromatic N) is 2. The number of hydrogen-bond donors (Lipinski definition) is 1. The summed E-state index contributed by atoms with van der Waals surface area (Å²) in [7, 11) is -3.53. The summed E-state index contributed by atoms with van der Waals surface area (Å²) in [6, 6.07) is 10.7. The van der Waals surface area contributed by atoms with Crippen LogP contribution >= 0.6 is 0 Å². The van der Waals surface area contributed by atoms with Gasteiger partial charge in [-0.2, -0.15) is 4.31 Å². The van der Waals surface area contributed by atoms with Crippen molar-refractivity contribution in [3.8, 4) is 0 Å². The van der Waals surface area contributed by atoms with Crippen molar-refractivity contribution in [1.82, 2.24) is 14.5 Å². The van der Waals surface area contributed by atoms with Gasteiger partial charge in [-0.15, -0.1) is 0 Å². The van der Waals surface area contributed by atoms with E-state index in [0.29, 0.717) is 31.1 Å². The minimum absolute atomic E-state index is 0.0376. The molecule has 2 heterocycles. The normalized spacial score (nSPS) is 16.7. The van der Waals surface area contributed by atoms with Crippen LogP contribution in [0.4, 0.5) is 0 Å². The van der Waals surface area contributed by atoms with Crippen LogP contribution in [0, 0.1) is 0 Å². The van der Waals surface area contributed by atoms with E-state index >= 15 is 0 Å². The zero-order chi connectivity index (χ0) is 20.9. The standard InChI is InChI=1S/C21H29N3O4S/c1-3-5-18-7-9-19(10-8-18)29(26,27)24-13-11-23(12-14-24)21(25)16-22-17(2)20-6-4-15-28-20/h4,6-10,15,17,22H,3,5,11-14,16H2,1-2H3/t17-/m1/s1. The maximum Gasteiger partial charge on any atom is 0.243 e. The number of rotatable bonds is 8. The molecule has 158 valence electrons. The van der Waals surface area contributed by atoms with Crippen molar-refractivity contribution >= 4 is 15.9 Å². The Bertz CT molecular complexity index is 887. The number of furan rings is 1. The minimum atomic E-state index is -3.53. The monoisotopic (exact) mass is 419 g/mol. The Morgan fingerprint density at radius 2 is 1.83 bits per heavy atom. The molecule has 1 aromatic heterocycles. The molecule has 1 N–H and O–H groups in total. The topological polar surface area (TPSA) is 82.9 Å². The summed E-state index contributed by atoms with van der Waals surface area (Å²) >= 11 is 0. The molecule has 0 spiro atoms. The number of aryl methyl sites for hydroxylation is 1. The first-order chi connectivity index (χ1) is 13.9. The molecule has 1 aliphatic rings. The summed E-state index contributed by atoms with van der Waals surface area (Å²) in [6.45, 7) is 5.61. The van der Waals surface area contributed by atoms with Crippen molar-refractivity contribution in [3.05, 3.63) is 54.0 Å². The van der Waals surface area contributed by atoms with Crippen molar-refractivity contribution in [1.29, 1.82) is 0 Å². The quantitative estimate of drug-likeness (QED) is 0.711. The van der Waals surface area contributed by atoms with Gasteiger partial charge in [0.2, 0.25) is 15.9 Å². The second kappa shape index (κ2) is 9.56. The van der Waals surface area contributed by atoms with Crippen LogP contribution in [0.15, 0.2) is 52.0 Å². The number of carbonyl (C=O) groups excluding carboxylic acids is 1. The molecule has 1 atom stereocenters. The van der Waals surface area contributed by atoms with E-state index in [1.165, 1.54) is 4.31 Å². The van der Waals surface area contributed by atoms with E-state index in [0.717, 1.165) is 24.2 Å². The van der Waals surface area contributed by atoms with Crippen molar-refractivity contribution in [3.63, 3.8) is 0 Å². The van der Waals surface area contributed by atoms with Crippen LogP contribution in [0.3, 0.4) is 0 Å². The number of carbonyl (C=O) groups is 1. The predicted octanol–water partition coefficient (Wildman–Crippen LogP) is 2.42. The van der Waals surface area contributed by atoms with Crippen molar-refractivity contribution in [2.24, 2.45) is 0 Å². The van der Waals surface area contributed by atoms with Gasteiger partial charge in [0.05, 0.1) is 23.7 Å². The molecule has 1 aromatic carbocycles. The van der Waals surface area contributed by atoms with Crippen LogP contribution in [0.5, 0.6) is 0 Å². The number of sulfonamides is 1. The van der Waals surface area contributed by atoms with Crippen LogP contribution in [-0.2, 0) is 21.2 Å². The lowest BCUT2D eigenvalue weighted by Gasteiger charge is -2.34. The van der Waals surface area contributed by atoms with E-state index in [1.807, 2.05) is 31.2 Å². The molecule has 0 radical (unpaired) electrons. The summed E-state index contributed by atoms with van der Waals surface area (Å²) in [4.78, 5) is 14.5. The zero-order valence-corrected chi connectivity index (χ0v) is 17.8. The Kier molecular flexibility index (Phi) is 7.10. The molecule has 8 heteroatoms. The highest BCUT2D eigenvalue weighted by molar-refractivity contribution is 7.89. The second-order valence-electron chi connectivity index (χ2n) is 7.30. The Labute approximate surface area is 172 Å². The molecule has 3 rings (SSSR count). The molecular weight excluding hydrogens is 390 g/mol. The fourth-order valence-electron chi connectivity index (χ4n) is 3.43. The number of hydrogen-bond acceptors (Lipinski definition) is 5. The fourth-order valence-corrected chi connectivity index (χ4v) is 4.86. The summed E-state index contributed by atoms with van der Waals surface area (Å²) in [5.41, 5.74) is 1.14. The minimum Gasteiger partial charge on any atom is -0.468 e. The first kappa shape index (κ1) is 21.5. The maximum absolute atomic E-state index is 12.9. The molecule has 2 aromatic rings. The Morgan fingerprint density at radius 3 is 2.41 bits per heavy atom. The molecule has 1 saturated heterocycles. The Morgan fingerprint density at radius 1 is 1.14 bits per heavy atom. The average Bonchev–Trinajstić information content (AvgIpc) is 3.27. The van der Waals surface area contributed by atoms with Crippen LogP contribution < -0.4 is 5.32 Å². The van der Waals surface area contributed by atoms with Crippen molar-refractivity contribution in [2.45, 2.75) is 37.6 Å². The van der Waals surface area contributed by atoms with Gasteiger partial charge in [0.25, 0.3) is 0 Å². The van der Waals surface area contributed by atoms with E-state index in [1.54, 1.807) is 23.3 Å². The van der Waals surface area contributed by atoms with E-state index in [2.05, 4.69) is 12.2 Å². The van der Waals surface area contributed by atoms with E-state index < -0.39 is 10.0 Å². The lowest BCUT2D eigenvalue weighted by molar-refractivity contribution is -0.131. The van der Waals surface area contributed by atoms with Gasteiger partial charge in [-0.05, 0) is 43.2 Å². The third-order valence-corrected chi connectivity index (χ3v) is 7.13. The van der Waals surface area contributed by atoms with Crippen LogP contribution in [0.2, 0.25) is 0 Å². The van der Waals surface area contributed by atoms with Gasteiger partial charge in [0, 0.05) is 26.2 Å². The number of amides is 1. The van der Waals surface area contributed by atoms with Crippen LogP contribution in [-0.4, -0.2) is 56.3 Å². The molecule has 0 saturated carbocycles. The van der Waals surface area contributed by atoms with Gasteiger partial charge < -0.3 is 9.32 Å². The smallest absolute Gasteiger partial charge is 0.243 e. The number of benzene rings is 1. The molecular formula is C21H29N3O4S. The fraction of sp³-hybridized carbons (Fsp3) is 0.476. The van der Waals surface area contributed by atoms with Gasteiger partial charge in [-0.3, -0.25) is 10.1 Å². The van der Waals surface area contributed by atoms with E-state index in [4.69, 9.17) is 4.42 Å². The average molecular weight is 420 g/mol. The van der Waals surface area contributed by atoms with E-state index in [9.17, 15) is 13.2 Å². The maximum atomic E-state index is 12.9. The molecule has 0 aliphatic carbocycles. The van der Waals surface area contributed by atoms with E-state index in [-0.39, 0.29) is 18.5 Å². The molecule has 29 heavy (non-hydrogen) atoms. The molecule has 0 bridgehead atoms. The first-order valence-electron chi connectivity index (χ1n) is 10.1. The van der Waals surface area contributed by atoms with Crippen molar-refractivity contribution < 1.29 is 17.6 Å². The highest BCUT2D eigenvalue weighted by atomic mass is 32.2. The summed E-state index contributed by atoms with van der Waals surface area (Å²) in [5, 5.41) is 3.15. The lowest BCUT2D eigenvalue weighted by atomic mass is 10.1. The van der Waals surface area contributed by atoms with Gasteiger partial charge in [0.1, 0.15) is 5.76 Å². The zero-order valence-electron chi connectivity index (χ0n) is 17.0. The highest BCUT2D eigenvalue weighted by Gasteiger charge is 2.30. The third-order valence-electron chi connectivity index (χ3n) is 5.22. The molecule has 7 nitrogen and oxygen atoms in total. The summed E-state index contributed by atoms with van der Waals surface area (Å²) < 4.78 is 32.5. The largest absolute Gasteiger partial charge is 0.468 e. The van der Waals surface area contributed by atoms with Crippen LogP contribution in [0.25, 0.3) is 0 Å². The molecule has 1 fully saturated rings. The SMILES string of the molecule is CCCc1ccc(S(=O)(=O)N2CCN(C(=O)CN[C@H](C)c3ccco3)CC2)cc1. The number of piperazine rings is 1. The highest BCUT2D eigenvalue weighted by Crippen LogP contribution is 2.19. The predicted molar refractivity (Wildman–Crippen MR) is 111 cm³/mol. The Hall–Kier alpha value is -2.16. The molecule has 1 amide bonds. The first-order valence-corrected chi connectivity index (χ1v) is 11.5. The van der Waals surface area contributed by atoms with Gasteiger partial charge in [-0.25, -0.2) is 8.42 Å². The summed E-state index contributed by atoms with van der Waals surface area (Å²) in [5.74, 6) is 0.739. The van der Waals surface area contributed by atoms with Gasteiger partial charge in [-0.1, -0.05) is 25.5 Å². The second-order valence-corrected chi connectivity index (χ2v) is 9.23. The molecule has 1 aliphatic heterocycles. The Balaban J connectivity index is 1.51. The number of nitrogens with one attached hydrogen (secondary N) is 1. The van der Waals surface area contributed by atoms with Crippen molar-refractivity contribution in [2.75, 3.05) is 32.7 Å². The lowest BCUT2D eigenvalue weighted by Crippen LogP contribution is -2.52.